The number of hydroxylamine groups is 2. The first-order valence-corrected chi connectivity index (χ1v) is 3.82. The molecule has 1 aliphatic rings. The zero-order valence-electron chi connectivity index (χ0n) is 6.60. The molecule has 1 unspecified atom stereocenters. The topological polar surface area (TPSA) is 64.5 Å². The average molecular weight is 165 g/mol. The summed E-state index contributed by atoms with van der Waals surface area (Å²) in [7, 11) is 0. The van der Waals surface area contributed by atoms with Crippen molar-refractivity contribution in [2.45, 2.75) is 6.17 Å². The molecule has 4 heteroatoms. The van der Waals surface area contributed by atoms with Crippen LogP contribution in [0.3, 0.4) is 0 Å². The fourth-order valence-electron chi connectivity index (χ4n) is 1.30. The number of hydrogen-bond donors (Lipinski definition) is 2. The van der Waals surface area contributed by atoms with Gasteiger partial charge in [-0.25, -0.2) is 0 Å². The quantitative estimate of drug-likeness (QED) is 0.622. The molecule has 12 heavy (non-hydrogen) atoms. The summed E-state index contributed by atoms with van der Waals surface area (Å²) in [5.41, 5.74) is 12.2. The van der Waals surface area contributed by atoms with Gasteiger partial charge < -0.3 is 16.3 Å². The minimum absolute atomic E-state index is 0.230. The second-order valence-corrected chi connectivity index (χ2v) is 2.67. The molecule has 0 fully saturated rings. The van der Waals surface area contributed by atoms with Crippen LogP contribution in [0.25, 0.3) is 0 Å². The normalized spacial score (nSPS) is 22.0. The third-order valence-corrected chi connectivity index (χ3v) is 1.94. The predicted octanol–water partition coefficient (Wildman–Crippen LogP) is 0.170. The standard InChI is InChI=1S/C8H11N3O/c9-5-11-8(10)6-3-1-2-4-7(6)12-11/h1-4,8H,5,9-10H2. The maximum atomic E-state index is 5.82. The van der Waals surface area contributed by atoms with Crippen molar-refractivity contribution in [1.82, 2.24) is 5.06 Å². The lowest BCUT2D eigenvalue weighted by Gasteiger charge is -2.15. The zero-order valence-corrected chi connectivity index (χ0v) is 6.60. The van der Waals surface area contributed by atoms with Crippen LogP contribution >= 0.6 is 0 Å². The molecule has 1 aliphatic heterocycles. The van der Waals surface area contributed by atoms with Crippen molar-refractivity contribution in [1.29, 1.82) is 0 Å². The van der Waals surface area contributed by atoms with Crippen molar-refractivity contribution in [3.05, 3.63) is 29.8 Å². The molecule has 1 atom stereocenters. The highest BCUT2D eigenvalue weighted by Gasteiger charge is 2.27. The van der Waals surface area contributed by atoms with E-state index in [0.29, 0.717) is 6.67 Å². The van der Waals surface area contributed by atoms with E-state index in [1.54, 1.807) is 5.06 Å². The Labute approximate surface area is 70.7 Å². The number of fused-ring (bicyclic) bond motifs is 1. The van der Waals surface area contributed by atoms with Crippen LogP contribution in [0, 0.1) is 0 Å². The van der Waals surface area contributed by atoms with Gasteiger partial charge in [-0.05, 0) is 6.07 Å². The van der Waals surface area contributed by atoms with Crippen LogP contribution in [0.2, 0.25) is 0 Å². The Hall–Kier alpha value is -1.10. The number of benzene rings is 1. The molecule has 0 bridgehead atoms. The molecular weight excluding hydrogens is 154 g/mol. The molecule has 4 N–H and O–H groups in total. The molecule has 0 saturated heterocycles. The molecule has 1 aromatic carbocycles. The minimum Gasteiger partial charge on any atom is -0.402 e. The van der Waals surface area contributed by atoms with E-state index in [0.717, 1.165) is 11.3 Å². The highest BCUT2D eigenvalue weighted by Crippen LogP contribution is 2.32. The lowest BCUT2D eigenvalue weighted by Crippen LogP contribution is -2.36. The van der Waals surface area contributed by atoms with Crippen molar-refractivity contribution in [3.8, 4) is 5.75 Å². The van der Waals surface area contributed by atoms with Crippen LogP contribution in [0.1, 0.15) is 11.7 Å². The number of para-hydroxylation sites is 1. The summed E-state index contributed by atoms with van der Waals surface area (Å²) in [5.74, 6) is 0.801. The summed E-state index contributed by atoms with van der Waals surface area (Å²) in [5, 5.41) is 1.55. The van der Waals surface area contributed by atoms with Gasteiger partial charge in [-0.15, -0.1) is 5.06 Å². The first-order chi connectivity index (χ1) is 5.83. The maximum absolute atomic E-state index is 5.82. The van der Waals surface area contributed by atoms with Gasteiger partial charge >= 0.3 is 0 Å². The molecule has 1 heterocycles. The summed E-state index contributed by atoms with van der Waals surface area (Å²) in [6.45, 7) is 0.301. The number of rotatable bonds is 1. The summed E-state index contributed by atoms with van der Waals surface area (Å²) in [4.78, 5) is 5.35. The molecule has 0 radical (unpaired) electrons. The van der Waals surface area contributed by atoms with Crippen LogP contribution in [0.15, 0.2) is 24.3 Å². The monoisotopic (exact) mass is 165 g/mol. The molecule has 2 rings (SSSR count). The van der Waals surface area contributed by atoms with Crippen LogP contribution in [-0.4, -0.2) is 11.7 Å². The van der Waals surface area contributed by atoms with E-state index >= 15 is 0 Å². The first-order valence-electron chi connectivity index (χ1n) is 3.82. The maximum Gasteiger partial charge on any atom is 0.153 e. The van der Waals surface area contributed by atoms with E-state index in [-0.39, 0.29) is 6.17 Å². The van der Waals surface area contributed by atoms with Gasteiger partial charge in [0.05, 0.1) is 6.67 Å². The smallest absolute Gasteiger partial charge is 0.153 e. The zero-order chi connectivity index (χ0) is 8.55. The highest BCUT2D eigenvalue weighted by atomic mass is 16.7. The molecule has 64 valence electrons. The summed E-state index contributed by atoms with van der Waals surface area (Å²) >= 11 is 0. The predicted molar refractivity (Wildman–Crippen MR) is 44.9 cm³/mol. The lowest BCUT2D eigenvalue weighted by molar-refractivity contribution is -0.0671. The van der Waals surface area contributed by atoms with Gasteiger partial charge in [0, 0.05) is 5.56 Å². The Morgan fingerprint density at radius 1 is 1.42 bits per heavy atom. The van der Waals surface area contributed by atoms with Crippen molar-refractivity contribution in [2.75, 3.05) is 6.67 Å². The second kappa shape index (κ2) is 2.75. The highest BCUT2D eigenvalue weighted by molar-refractivity contribution is 5.37. The molecule has 1 aromatic rings. The third-order valence-electron chi connectivity index (χ3n) is 1.94. The van der Waals surface area contributed by atoms with E-state index in [1.807, 2.05) is 24.3 Å². The van der Waals surface area contributed by atoms with Crippen molar-refractivity contribution in [3.63, 3.8) is 0 Å². The summed E-state index contributed by atoms with van der Waals surface area (Å²) in [6.07, 6.45) is -0.230. The Balaban J connectivity index is 2.35. The van der Waals surface area contributed by atoms with E-state index in [9.17, 15) is 0 Å². The van der Waals surface area contributed by atoms with Gasteiger partial charge in [-0.3, -0.25) is 0 Å². The lowest BCUT2D eigenvalue weighted by atomic mass is 10.2. The Kier molecular flexibility index (Phi) is 1.73. The van der Waals surface area contributed by atoms with Crippen molar-refractivity contribution in [2.24, 2.45) is 11.5 Å². The Bertz CT molecular complexity index is 289. The van der Waals surface area contributed by atoms with Gasteiger partial charge in [-0.1, -0.05) is 18.2 Å². The number of hydrogen-bond acceptors (Lipinski definition) is 4. The summed E-state index contributed by atoms with van der Waals surface area (Å²) < 4.78 is 0. The van der Waals surface area contributed by atoms with Crippen LogP contribution < -0.4 is 16.3 Å². The molecule has 4 nitrogen and oxygen atoms in total. The van der Waals surface area contributed by atoms with Crippen LogP contribution in [0.5, 0.6) is 5.75 Å². The van der Waals surface area contributed by atoms with Crippen LogP contribution in [-0.2, 0) is 0 Å². The molecule has 0 aromatic heterocycles. The van der Waals surface area contributed by atoms with Gasteiger partial charge in [0.1, 0.15) is 6.17 Å². The number of nitrogens with two attached hydrogens (primary N) is 2. The third kappa shape index (κ3) is 0.972. The number of nitrogens with zero attached hydrogens (tertiary/aromatic N) is 1. The van der Waals surface area contributed by atoms with Gasteiger partial charge in [0.2, 0.25) is 0 Å². The fraction of sp³-hybridized carbons (Fsp3) is 0.250. The molecule has 0 spiro atoms. The van der Waals surface area contributed by atoms with Crippen molar-refractivity contribution >= 4 is 0 Å². The largest absolute Gasteiger partial charge is 0.402 e. The van der Waals surface area contributed by atoms with E-state index < -0.39 is 0 Å². The fourth-order valence-corrected chi connectivity index (χ4v) is 1.30. The Morgan fingerprint density at radius 2 is 2.17 bits per heavy atom. The molecular formula is C8H11N3O. The van der Waals surface area contributed by atoms with Crippen LogP contribution in [0.4, 0.5) is 0 Å². The van der Waals surface area contributed by atoms with E-state index in [2.05, 4.69) is 0 Å². The van der Waals surface area contributed by atoms with Gasteiger partial charge in [0.15, 0.2) is 5.75 Å². The summed E-state index contributed by atoms with van der Waals surface area (Å²) in [6, 6.07) is 7.66. The van der Waals surface area contributed by atoms with Gasteiger partial charge in [-0.2, -0.15) is 0 Å². The molecule has 0 aliphatic carbocycles. The van der Waals surface area contributed by atoms with Gasteiger partial charge in [0.25, 0.3) is 0 Å². The first kappa shape index (κ1) is 7.54. The molecule has 0 amide bonds. The average Bonchev–Trinajstić information content (AvgIpc) is 2.44. The Morgan fingerprint density at radius 3 is 2.83 bits per heavy atom. The SMILES string of the molecule is NCN1Oc2ccccc2C1N. The molecule has 0 saturated carbocycles. The van der Waals surface area contributed by atoms with Crippen molar-refractivity contribution < 1.29 is 4.84 Å². The van der Waals surface area contributed by atoms with E-state index in [1.165, 1.54) is 0 Å². The minimum atomic E-state index is -0.230. The van der Waals surface area contributed by atoms with E-state index in [4.69, 9.17) is 16.3 Å². The second-order valence-electron chi connectivity index (χ2n) is 2.67.